The van der Waals surface area contributed by atoms with E-state index in [-0.39, 0.29) is 11.1 Å². The molecule has 0 bridgehead atoms. The van der Waals surface area contributed by atoms with Gasteiger partial charge in [0.25, 0.3) is 0 Å². The van der Waals surface area contributed by atoms with E-state index in [1.54, 1.807) is 19.1 Å². The van der Waals surface area contributed by atoms with Crippen molar-refractivity contribution in [2.75, 3.05) is 0 Å². The third kappa shape index (κ3) is 1.51. The fraction of sp³-hybridized carbons (Fsp3) is 0.100. The van der Waals surface area contributed by atoms with E-state index in [0.29, 0.717) is 6.29 Å². The van der Waals surface area contributed by atoms with Gasteiger partial charge < -0.3 is 0 Å². The van der Waals surface area contributed by atoms with Crippen LogP contribution in [-0.4, -0.2) is 6.29 Å². The highest BCUT2D eigenvalue weighted by atomic mass is 19.1. The van der Waals surface area contributed by atoms with Gasteiger partial charge in [0.2, 0.25) is 0 Å². The standard InChI is InChI=1S/C10H7FO/c1-2-4-8-5-3-6-9(7-12)10(8)11/h3,5-7H,1H3. The summed E-state index contributed by atoms with van der Waals surface area (Å²) in [7, 11) is 0. The van der Waals surface area contributed by atoms with Gasteiger partial charge in [0, 0.05) is 0 Å². The summed E-state index contributed by atoms with van der Waals surface area (Å²) in [5.74, 6) is 4.60. The van der Waals surface area contributed by atoms with Crippen LogP contribution in [-0.2, 0) is 0 Å². The number of rotatable bonds is 1. The first-order valence-electron chi connectivity index (χ1n) is 3.46. The largest absolute Gasteiger partial charge is 0.298 e. The lowest BCUT2D eigenvalue weighted by molar-refractivity contribution is 0.112. The third-order valence-electron chi connectivity index (χ3n) is 1.42. The smallest absolute Gasteiger partial charge is 0.153 e. The molecule has 0 saturated carbocycles. The highest BCUT2D eigenvalue weighted by molar-refractivity contribution is 5.76. The van der Waals surface area contributed by atoms with E-state index in [2.05, 4.69) is 11.8 Å². The van der Waals surface area contributed by atoms with Gasteiger partial charge in [-0.2, -0.15) is 0 Å². The van der Waals surface area contributed by atoms with E-state index in [0.717, 1.165) is 0 Å². The number of hydrogen-bond donors (Lipinski definition) is 0. The number of hydrogen-bond acceptors (Lipinski definition) is 1. The maximum absolute atomic E-state index is 13.1. The first kappa shape index (κ1) is 8.48. The average molecular weight is 162 g/mol. The van der Waals surface area contributed by atoms with Crippen molar-refractivity contribution >= 4 is 6.29 Å². The van der Waals surface area contributed by atoms with E-state index in [9.17, 15) is 9.18 Å². The summed E-state index contributed by atoms with van der Waals surface area (Å²) < 4.78 is 13.1. The number of carbonyl (C=O) groups excluding carboxylic acids is 1. The quantitative estimate of drug-likeness (QED) is 0.456. The fourth-order valence-corrected chi connectivity index (χ4v) is 0.872. The second kappa shape index (κ2) is 3.68. The molecule has 0 N–H and O–H groups in total. The van der Waals surface area contributed by atoms with Gasteiger partial charge in [-0.15, -0.1) is 5.92 Å². The van der Waals surface area contributed by atoms with Crippen molar-refractivity contribution < 1.29 is 9.18 Å². The summed E-state index contributed by atoms with van der Waals surface area (Å²) in [4.78, 5) is 10.3. The summed E-state index contributed by atoms with van der Waals surface area (Å²) in [5.41, 5.74) is 0.317. The maximum Gasteiger partial charge on any atom is 0.153 e. The molecule has 0 radical (unpaired) electrons. The zero-order chi connectivity index (χ0) is 8.97. The van der Waals surface area contributed by atoms with Gasteiger partial charge in [-0.05, 0) is 19.1 Å². The highest BCUT2D eigenvalue weighted by Gasteiger charge is 2.03. The Morgan fingerprint density at radius 1 is 1.50 bits per heavy atom. The molecule has 0 heterocycles. The Balaban J connectivity index is 3.28. The molecule has 0 aliphatic heterocycles. The van der Waals surface area contributed by atoms with Crippen LogP contribution in [0.3, 0.4) is 0 Å². The molecule has 0 unspecified atom stereocenters. The van der Waals surface area contributed by atoms with Gasteiger partial charge in [-0.3, -0.25) is 4.79 Å². The Morgan fingerprint density at radius 2 is 2.25 bits per heavy atom. The summed E-state index contributed by atoms with van der Waals surface area (Å²) >= 11 is 0. The molecule has 60 valence electrons. The van der Waals surface area contributed by atoms with E-state index in [1.165, 1.54) is 6.07 Å². The van der Waals surface area contributed by atoms with Gasteiger partial charge >= 0.3 is 0 Å². The second-order valence-corrected chi connectivity index (χ2v) is 2.20. The summed E-state index contributed by atoms with van der Waals surface area (Å²) in [6.45, 7) is 1.62. The van der Waals surface area contributed by atoms with Crippen molar-refractivity contribution in [1.82, 2.24) is 0 Å². The minimum absolute atomic E-state index is 0.0512. The van der Waals surface area contributed by atoms with Gasteiger partial charge in [0.05, 0.1) is 11.1 Å². The van der Waals surface area contributed by atoms with Gasteiger partial charge in [0.1, 0.15) is 5.82 Å². The highest BCUT2D eigenvalue weighted by Crippen LogP contribution is 2.09. The molecular formula is C10H7FO. The zero-order valence-electron chi connectivity index (χ0n) is 6.60. The average Bonchev–Trinajstić information content (AvgIpc) is 2.09. The molecule has 0 aliphatic carbocycles. The molecule has 1 nitrogen and oxygen atoms in total. The van der Waals surface area contributed by atoms with E-state index < -0.39 is 5.82 Å². The first-order chi connectivity index (χ1) is 5.79. The van der Waals surface area contributed by atoms with Crippen LogP contribution in [0, 0.1) is 17.7 Å². The van der Waals surface area contributed by atoms with Gasteiger partial charge in [-0.25, -0.2) is 4.39 Å². The minimum Gasteiger partial charge on any atom is -0.298 e. The molecule has 1 rings (SSSR count). The van der Waals surface area contributed by atoms with Crippen molar-refractivity contribution in [1.29, 1.82) is 0 Å². The Morgan fingerprint density at radius 3 is 2.83 bits per heavy atom. The van der Waals surface area contributed by atoms with Gasteiger partial charge in [0.15, 0.2) is 6.29 Å². The van der Waals surface area contributed by atoms with Crippen molar-refractivity contribution in [2.45, 2.75) is 6.92 Å². The number of aldehydes is 1. The van der Waals surface area contributed by atoms with Crippen molar-refractivity contribution in [3.05, 3.63) is 35.1 Å². The lowest BCUT2D eigenvalue weighted by Crippen LogP contribution is -1.90. The van der Waals surface area contributed by atoms with Crippen molar-refractivity contribution in [2.24, 2.45) is 0 Å². The minimum atomic E-state index is -0.540. The molecule has 0 atom stereocenters. The Labute approximate surface area is 70.2 Å². The predicted molar refractivity (Wildman–Crippen MR) is 44.3 cm³/mol. The topological polar surface area (TPSA) is 17.1 Å². The van der Waals surface area contributed by atoms with E-state index in [4.69, 9.17) is 0 Å². The Bertz CT molecular complexity index is 358. The monoisotopic (exact) mass is 162 g/mol. The van der Waals surface area contributed by atoms with Crippen LogP contribution < -0.4 is 0 Å². The molecule has 1 aromatic rings. The first-order valence-corrected chi connectivity index (χ1v) is 3.46. The fourth-order valence-electron chi connectivity index (χ4n) is 0.872. The van der Waals surface area contributed by atoms with Crippen molar-refractivity contribution in [3.63, 3.8) is 0 Å². The maximum atomic E-state index is 13.1. The summed E-state index contributed by atoms with van der Waals surface area (Å²) in [6, 6.07) is 4.56. The molecule has 0 spiro atoms. The molecule has 0 aliphatic rings. The molecule has 1 aromatic carbocycles. The lowest BCUT2D eigenvalue weighted by Gasteiger charge is -1.95. The summed E-state index contributed by atoms with van der Waals surface area (Å²) in [5, 5.41) is 0. The second-order valence-electron chi connectivity index (χ2n) is 2.20. The number of benzene rings is 1. The third-order valence-corrected chi connectivity index (χ3v) is 1.42. The van der Waals surface area contributed by atoms with Crippen LogP contribution in [0.1, 0.15) is 22.8 Å². The van der Waals surface area contributed by atoms with Crippen LogP contribution in [0.5, 0.6) is 0 Å². The van der Waals surface area contributed by atoms with Gasteiger partial charge in [-0.1, -0.05) is 12.0 Å². The lowest BCUT2D eigenvalue weighted by atomic mass is 10.1. The van der Waals surface area contributed by atoms with Crippen LogP contribution in [0.2, 0.25) is 0 Å². The molecule has 12 heavy (non-hydrogen) atoms. The molecule has 0 aromatic heterocycles. The van der Waals surface area contributed by atoms with E-state index in [1.807, 2.05) is 0 Å². The zero-order valence-corrected chi connectivity index (χ0v) is 6.60. The van der Waals surface area contributed by atoms with E-state index >= 15 is 0 Å². The molecule has 0 saturated heterocycles. The number of carbonyl (C=O) groups is 1. The van der Waals surface area contributed by atoms with Crippen LogP contribution in [0.4, 0.5) is 4.39 Å². The molecular weight excluding hydrogens is 155 g/mol. The predicted octanol–water partition coefficient (Wildman–Crippen LogP) is 2.01. The molecule has 0 amide bonds. The molecule has 2 heteroatoms. The van der Waals surface area contributed by atoms with Crippen molar-refractivity contribution in [3.8, 4) is 11.8 Å². The Hall–Kier alpha value is -1.62. The summed E-state index contributed by atoms with van der Waals surface area (Å²) in [6.07, 6.45) is 0.482. The van der Waals surface area contributed by atoms with Crippen LogP contribution in [0.15, 0.2) is 18.2 Å². The molecule has 0 fully saturated rings. The van der Waals surface area contributed by atoms with Crippen LogP contribution >= 0.6 is 0 Å². The van der Waals surface area contributed by atoms with Crippen LogP contribution in [0.25, 0.3) is 0 Å². The SMILES string of the molecule is CC#Cc1cccc(C=O)c1F. The normalized spacial score (nSPS) is 8.50. The Kier molecular flexibility index (Phi) is 2.60. The number of halogens is 1.